The predicted octanol–water partition coefficient (Wildman–Crippen LogP) is 4.21. The van der Waals surface area contributed by atoms with Crippen molar-refractivity contribution in [3.05, 3.63) is 77.7 Å². The van der Waals surface area contributed by atoms with Gasteiger partial charge in [0, 0.05) is 48.5 Å². The number of benzene rings is 1. The van der Waals surface area contributed by atoms with Crippen molar-refractivity contribution < 1.29 is 4.79 Å². The van der Waals surface area contributed by atoms with Crippen LogP contribution in [0, 0.1) is 18.3 Å². The summed E-state index contributed by atoms with van der Waals surface area (Å²) in [5, 5.41) is 17.0. The van der Waals surface area contributed by atoms with Gasteiger partial charge < -0.3 is 20.9 Å². The Morgan fingerprint density at radius 3 is 2.76 bits per heavy atom. The second kappa shape index (κ2) is 10.9. The maximum Gasteiger partial charge on any atom is 0.320 e. The van der Waals surface area contributed by atoms with Crippen molar-refractivity contribution in [1.29, 1.82) is 5.41 Å². The number of carbonyl (C=O) groups is 1. The minimum absolute atomic E-state index is 0.0757. The van der Waals surface area contributed by atoms with E-state index in [0.29, 0.717) is 23.0 Å². The van der Waals surface area contributed by atoms with Gasteiger partial charge in [0.05, 0.1) is 11.9 Å². The summed E-state index contributed by atoms with van der Waals surface area (Å²) in [7, 11) is 2.09. The maximum absolute atomic E-state index is 12.7. The molecule has 2 amide bonds. The highest BCUT2D eigenvalue weighted by Gasteiger charge is 2.31. The van der Waals surface area contributed by atoms with Crippen molar-refractivity contribution in [2.45, 2.75) is 25.8 Å². The molecule has 8 nitrogen and oxygen atoms in total. The van der Waals surface area contributed by atoms with Crippen LogP contribution in [-0.4, -0.2) is 53.3 Å². The molecule has 34 heavy (non-hydrogen) atoms. The summed E-state index contributed by atoms with van der Waals surface area (Å²) in [4.78, 5) is 23.6. The molecule has 1 aromatic carbocycles. The van der Waals surface area contributed by atoms with Crippen LogP contribution < -0.4 is 16.0 Å². The highest BCUT2D eigenvalue weighted by Crippen LogP contribution is 2.23. The smallest absolute Gasteiger partial charge is 0.320 e. The monoisotopic (exact) mass is 457 g/mol. The zero-order valence-electron chi connectivity index (χ0n) is 19.6. The number of anilines is 3. The number of pyridine rings is 2. The number of amides is 2. The minimum Gasteiger partial charge on any atom is -0.354 e. The Labute approximate surface area is 200 Å². The standard InChI is InChI=1S/C26H31N7O/c1-18-12-22(10-11-28-18)30-23-15-29-25(13-21(23)14-27)32-26(34)31-24-17-33(2)16-20(24)9-8-19-6-4-3-5-7-19/h3-7,10-15,20,24,27H,8-9,16-17H2,1-2H3,(H,28,30)(H2,29,31,32,34)/t20-,24-/m0/s1. The number of nitrogens with zero attached hydrogens (tertiary/aromatic N) is 3. The molecule has 0 radical (unpaired) electrons. The van der Waals surface area contributed by atoms with E-state index >= 15 is 0 Å². The Morgan fingerprint density at radius 2 is 2.00 bits per heavy atom. The SMILES string of the molecule is Cc1cc(Nc2cnc(NC(=O)N[C@H]3CN(C)C[C@@H]3CCc3ccccc3)cc2C=N)ccn1. The van der Waals surface area contributed by atoms with E-state index < -0.39 is 0 Å². The molecule has 3 heterocycles. The summed E-state index contributed by atoms with van der Waals surface area (Å²) in [6.07, 6.45) is 6.60. The zero-order valence-corrected chi connectivity index (χ0v) is 19.6. The molecule has 0 aliphatic carbocycles. The van der Waals surface area contributed by atoms with Crippen LogP contribution in [-0.2, 0) is 6.42 Å². The van der Waals surface area contributed by atoms with Gasteiger partial charge in [-0.05, 0) is 56.5 Å². The molecule has 1 fully saturated rings. The first kappa shape index (κ1) is 23.4. The van der Waals surface area contributed by atoms with Gasteiger partial charge in [0.15, 0.2) is 0 Å². The molecule has 4 N–H and O–H groups in total. The van der Waals surface area contributed by atoms with E-state index in [1.807, 2.05) is 25.1 Å². The van der Waals surface area contributed by atoms with Gasteiger partial charge in [-0.3, -0.25) is 10.3 Å². The number of likely N-dealkylation sites (tertiary alicyclic amines) is 1. The first-order valence-corrected chi connectivity index (χ1v) is 11.5. The van der Waals surface area contributed by atoms with Crippen molar-refractivity contribution in [2.24, 2.45) is 5.92 Å². The Hall–Kier alpha value is -3.78. The molecule has 2 aromatic heterocycles. The van der Waals surface area contributed by atoms with Gasteiger partial charge in [-0.15, -0.1) is 0 Å². The molecular weight excluding hydrogens is 426 g/mol. The van der Waals surface area contributed by atoms with Crippen LogP contribution in [0.2, 0.25) is 0 Å². The Balaban J connectivity index is 1.36. The third-order valence-corrected chi connectivity index (χ3v) is 6.10. The van der Waals surface area contributed by atoms with Crippen molar-refractivity contribution in [3.8, 4) is 0 Å². The van der Waals surface area contributed by atoms with E-state index in [1.165, 1.54) is 11.8 Å². The average Bonchev–Trinajstić information content (AvgIpc) is 3.18. The van der Waals surface area contributed by atoms with Gasteiger partial charge >= 0.3 is 6.03 Å². The highest BCUT2D eigenvalue weighted by atomic mass is 16.2. The van der Waals surface area contributed by atoms with Crippen molar-refractivity contribution in [3.63, 3.8) is 0 Å². The summed E-state index contributed by atoms with van der Waals surface area (Å²) >= 11 is 0. The summed E-state index contributed by atoms with van der Waals surface area (Å²) < 4.78 is 0. The topological polar surface area (TPSA) is 106 Å². The van der Waals surface area contributed by atoms with E-state index in [0.717, 1.165) is 37.3 Å². The summed E-state index contributed by atoms with van der Waals surface area (Å²) in [5.74, 6) is 0.788. The quantitative estimate of drug-likeness (QED) is 0.379. The molecular formula is C26H31N7O. The van der Waals surface area contributed by atoms with Crippen molar-refractivity contribution in [1.82, 2.24) is 20.2 Å². The molecule has 0 bridgehead atoms. The number of urea groups is 1. The van der Waals surface area contributed by atoms with Gasteiger partial charge in [0.2, 0.25) is 0 Å². The first-order chi connectivity index (χ1) is 16.5. The third-order valence-electron chi connectivity index (χ3n) is 6.10. The number of aryl methyl sites for hydroxylation is 2. The lowest BCUT2D eigenvalue weighted by atomic mass is 9.95. The van der Waals surface area contributed by atoms with Crippen LogP contribution in [0.4, 0.5) is 22.0 Å². The molecule has 1 saturated heterocycles. The molecule has 1 aliphatic rings. The molecule has 0 spiro atoms. The first-order valence-electron chi connectivity index (χ1n) is 11.5. The van der Waals surface area contributed by atoms with E-state index in [4.69, 9.17) is 5.41 Å². The molecule has 176 valence electrons. The average molecular weight is 458 g/mol. The number of likely N-dealkylation sites (N-methyl/N-ethyl adjacent to an activating group) is 1. The van der Waals surface area contributed by atoms with E-state index in [2.05, 4.69) is 62.1 Å². The minimum atomic E-state index is -0.279. The van der Waals surface area contributed by atoms with Crippen LogP contribution in [0.5, 0.6) is 0 Å². The maximum atomic E-state index is 12.7. The van der Waals surface area contributed by atoms with Gasteiger partial charge in [0.1, 0.15) is 5.82 Å². The van der Waals surface area contributed by atoms with E-state index in [-0.39, 0.29) is 12.1 Å². The molecule has 0 unspecified atom stereocenters. The third kappa shape index (κ3) is 6.17. The van der Waals surface area contributed by atoms with Gasteiger partial charge in [-0.25, -0.2) is 9.78 Å². The van der Waals surface area contributed by atoms with Crippen LogP contribution in [0.15, 0.2) is 60.9 Å². The fourth-order valence-corrected chi connectivity index (χ4v) is 4.40. The Bertz CT molecular complexity index is 1140. The summed E-state index contributed by atoms with van der Waals surface area (Å²) in [6.45, 7) is 3.70. The van der Waals surface area contributed by atoms with Crippen LogP contribution in [0.1, 0.15) is 23.2 Å². The largest absolute Gasteiger partial charge is 0.354 e. The second-order valence-corrected chi connectivity index (χ2v) is 8.82. The summed E-state index contributed by atoms with van der Waals surface area (Å²) in [6, 6.07) is 15.7. The Morgan fingerprint density at radius 1 is 1.18 bits per heavy atom. The van der Waals surface area contributed by atoms with Gasteiger partial charge in [-0.2, -0.15) is 0 Å². The lowest BCUT2D eigenvalue weighted by molar-refractivity contribution is 0.245. The molecule has 0 saturated carbocycles. The molecule has 2 atom stereocenters. The van der Waals surface area contributed by atoms with Gasteiger partial charge in [0.25, 0.3) is 0 Å². The fourth-order valence-electron chi connectivity index (χ4n) is 4.40. The van der Waals surface area contributed by atoms with Crippen molar-refractivity contribution >= 4 is 29.4 Å². The van der Waals surface area contributed by atoms with E-state index in [1.54, 1.807) is 18.5 Å². The molecule has 1 aliphatic heterocycles. The predicted molar refractivity (Wildman–Crippen MR) is 136 cm³/mol. The van der Waals surface area contributed by atoms with Gasteiger partial charge in [-0.1, -0.05) is 30.3 Å². The lowest BCUT2D eigenvalue weighted by Crippen LogP contribution is -2.43. The van der Waals surface area contributed by atoms with Crippen LogP contribution in [0.3, 0.4) is 0 Å². The Kier molecular flexibility index (Phi) is 7.49. The molecule has 4 rings (SSSR count). The number of nitrogens with one attached hydrogen (secondary N) is 4. The fraction of sp³-hybridized carbons (Fsp3) is 0.308. The van der Waals surface area contributed by atoms with E-state index in [9.17, 15) is 4.79 Å². The lowest BCUT2D eigenvalue weighted by Gasteiger charge is -2.20. The molecule has 3 aromatic rings. The number of hydrogen-bond acceptors (Lipinski definition) is 6. The number of aromatic nitrogens is 2. The number of rotatable bonds is 8. The normalized spacial score (nSPS) is 17.8. The second-order valence-electron chi connectivity index (χ2n) is 8.82. The number of hydrogen-bond donors (Lipinski definition) is 4. The van der Waals surface area contributed by atoms with Crippen LogP contribution >= 0.6 is 0 Å². The molecule has 8 heteroatoms. The zero-order chi connectivity index (χ0) is 23.9. The highest BCUT2D eigenvalue weighted by molar-refractivity contribution is 5.92. The van der Waals surface area contributed by atoms with Crippen LogP contribution in [0.25, 0.3) is 0 Å². The van der Waals surface area contributed by atoms with Crippen molar-refractivity contribution in [2.75, 3.05) is 30.8 Å². The number of carbonyl (C=O) groups excluding carboxylic acids is 1. The summed E-state index contributed by atoms with van der Waals surface area (Å²) in [5.41, 5.74) is 4.39.